The third-order valence-corrected chi connectivity index (χ3v) is 5.04. The number of esters is 1. The Kier molecular flexibility index (Phi) is 3.49. The molecule has 28 heavy (non-hydrogen) atoms. The van der Waals surface area contributed by atoms with Gasteiger partial charge in [-0.2, -0.15) is 0 Å². The van der Waals surface area contributed by atoms with E-state index >= 15 is 0 Å². The van der Waals surface area contributed by atoms with Crippen molar-refractivity contribution in [3.05, 3.63) is 86.1 Å². The maximum absolute atomic E-state index is 12.8. The van der Waals surface area contributed by atoms with Crippen molar-refractivity contribution in [3.63, 3.8) is 0 Å². The zero-order valence-electron chi connectivity index (χ0n) is 14.9. The van der Waals surface area contributed by atoms with Crippen LogP contribution in [-0.2, 0) is 4.79 Å². The van der Waals surface area contributed by atoms with Crippen molar-refractivity contribution in [1.82, 2.24) is 0 Å². The molecular weight excluding hydrogens is 360 g/mol. The van der Waals surface area contributed by atoms with E-state index in [1.165, 1.54) is 6.07 Å². The van der Waals surface area contributed by atoms with Gasteiger partial charge in [0.2, 0.25) is 0 Å². The van der Waals surface area contributed by atoms with Gasteiger partial charge in [0.05, 0.1) is 17.4 Å². The molecule has 5 rings (SSSR count). The second-order valence-electron chi connectivity index (χ2n) is 6.88. The highest BCUT2D eigenvalue weighted by atomic mass is 16.5. The fraction of sp³-hybridized carbons (Fsp3) is 0.136. The summed E-state index contributed by atoms with van der Waals surface area (Å²) in [6.45, 7) is 1.92. The van der Waals surface area contributed by atoms with E-state index in [2.05, 4.69) is 0 Å². The third kappa shape index (κ3) is 2.45. The van der Waals surface area contributed by atoms with Crippen LogP contribution in [0.2, 0.25) is 0 Å². The highest BCUT2D eigenvalue weighted by Gasteiger charge is 2.35. The quantitative estimate of drug-likeness (QED) is 0.373. The van der Waals surface area contributed by atoms with E-state index < -0.39 is 23.1 Å². The predicted molar refractivity (Wildman–Crippen MR) is 102 cm³/mol. The van der Waals surface area contributed by atoms with Gasteiger partial charge in [-0.3, -0.25) is 4.79 Å². The molecule has 138 valence electrons. The SMILES string of the molecule is Cc1ccc2oc(=O)cc(C3CC(=O)Oc4c3c(=O)oc3ccccc43)c2c1. The number of hydrogen-bond acceptors (Lipinski definition) is 6. The number of benzene rings is 2. The molecule has 1 atom stereocenters. The van der Waals surface area contributed by atoms with E-state index in [1.807, 2.05) is 19.1 Å². The monoisotopic (exact) mass is 374 g/mol. The van der Waals surface area contributed by atoms with E-state index in [1.54, 1.807) is 30.3 Å². The molecule has 0 fully saturated rings. The molecular formula is C22H14O6. The Labute approximate surface area is 158 Å². The summed E-state index contributed by atoms with van der Waals surface area (Å²) < 4.78 is 16.2. The first-order valence-corrected chi connectivity index (χ1v) is 8.82. The van der Waals surface area contributed by atoms with Gasteiger partial charge in [-0.25, -0.2) is 9.59 Å². The van der Waals surface area contributed by atoms with Gasteiger partial charge in [0.1, 0.15) is 11.2 Å². The molecule has 0 bridgehead atoms. The summed E-state index contributed by atoms with van der Waals surface area (Å²) in [7, 11) is 0. The highest BCUT2D eigenvalue weighted by molar-refractivity contribution is 5.91. The van der Waals surface area contributed by atoms with Crippen molar-refractivity contribution >= 4 is 27.9 Å². The summed E-state index contributed by atoms with van der Waals surface area (Å²) in [4.78, 5) is 37.3. The summed E-state index contributed by atoms with van der Waals surface area (Å²) in [6.07, 6.45) is -0.0669. The van der Waals surface area contributed by atoms with Crippen LogP contribution in [0.25, 0.3) is 21.9 Å². The summed E-state index contributed by atoms with van der Waals surface area (Å²) in [5, 5.41) is 1.22. The average Bonchev–Trinajstić information content (AvgIpc) is 2.67. The van der Waals surface area contributed by atoms with Gasteiger partial charge in [-0.15, -0.1) is 0 Å². The number of ether oxygens (including phenoxy) is 1. The minimum atomic E-state index is -0.662. The van der Waals surface area contributed by atoms with E-state index in [0.717, 1.165) is 5.56 Å². The normalized spacial score (nSPS) is 16.2. The first kappa shape index (κ1) is 16.5. The summed E-state index contributed by atoms with van der Waals surface area (Å²) >= 11 is 0. The minimum Gasteiger partial charge on any atom is -0.425 e. The summed E-state index contributed by atoms with van der Waals surface area (Å²) in [6, 6.07) is 13.6. The molecule has 0 spiro atoms. The standard InChI is InChI=1S/C22H14O6/c1-11-6-7-17-14(8-11)13(9-18(23)26-17)15-10-19(24)28-21-12-4-2-3-5-16(12)27-22(25)20(15)21/h2-9,15H,10H2,1H3. The number of aryl methyl sites for hydroxylation is 1. The molecule has 3 heterocycles. The largest absolute Gasteiger partial charge is 0.425 e. The third-order valence-electron chi connectivity index (χ3n) is 5.04. The van der Waals surface area contributed by atoms with E-state index in [9.17, 15) is 14.4 Å². The van der Waals surface area contributed by atoms with Crippen molar-refractivity contribution in [2.24, 2.45) is 0 Å². The molecule has 6 heteroatoms. The predicted octanol–water partition coefficient (Wildman–Crippen LogP) is 3.65. The van der Waals surface area contributed by atoms with Crippen molar-refractivity contribution in [2.45, 2.75) is 19.3 Å². The van der Waals surface area contributed by atoms with E-state index in [0.29, 0.717) is 27.5 Å². The Morgan fingerprint density at radius 3 is 2.54 bits per heavy atom. The zero-order chi connectivity index (χ0) is 19.4. The molecule has 2 aromatic heterocycles. The first-order chi connectivity index (χ1) is 13.5. The molecule has 0 saturated heterocycles. The Hall–Kier alpha value is -3.67. The summed E-state index contributed by atoms with van der Waals surface area (Å²) in [5.41, 5.74) is 1.37. The Balaban J connectivity index is 1.87. The number of rotatable bonds is 1. The maximum atomic E-state index is 12.8. The van der Waals surface area contributed by atoms with Crippen molar-refractivity contribution in [3.8, 4) is 5.75 Å². The Morgan fingerprint density at radius 1 is 0.893 bits per heavy atom. The van der Waals surface area contributed by atoms with Crippen LogP contribution < -0.4 is 16.0 Å². The number of hydrogen-bond donors (Lipinski definition) is 0. The fourth-order valence-corrected chi connectivity index (χ4v) is 3.83. The lowest BCUT2D eigenvalue weighted by Crippen LogP contribution is -2.27. The van der Waals surface area contributed by atoms with Gasteiger partial charge in [0.25, 0.3) is 0 Å². The molecule has 0 radical (unpaired) electrons. The molecule has 0 amide bonds. The molecule has 1 aliphatic rings. The molecule has 0 saturated carbocycles. The minimum absolute atomic E-state index is 0.0669. The molecule has 1 unspecified atom stereocenters. The molecule has 1 aliphatic heterocycles. The Morgan fingerprint density at radius 2 is 1.68 bits per heavy atom. The number of fused-ring (bicyclic) bond motifs is 4. The van der Waals surface area contributed by atoms with Crippen molar-refractivity contribution in [2.75, 3.05) is 0 Å². The van der Waals surface area contributed by atoms with Crippen LogP contribution in [0.1, 0.15) is 29.0 Å². The number of para-hydroxylation sites is 1. The Bertz CT molecular complexity index is 1390. The molecule has 6 nitrogen and oxygen atoms in total. The van der Waals surface area contributed by atoms with Crippen LogP contribution in [0, 0.1) is 6.92 Å². The lowest BCUT2D eigenvalue weighted by atomic mass is 9.85. The van der Waals surface area contributed by atoms with Crippen molar-refractivity contribution < 1.29 is 18.4 Å². The van der Waals surface area contributed by atoms with Gasteiger partial charge in [-0.05, 0) is 36.8 Å². The summed E-state index contributed by atoms with van der Waals surface area (Å²) in [5.74, 6) is -0.935. The molecule has 2 aromatic carbocycles. The van der Waals surface area contributed by atoms with Crippen LogP contribution in [-0.4, -0.2) is 5.97 Å². The van der Waals surface area contributed by atoms with Crippen LogP contribution in [0.5, 0.6) is 5.75 Å². The fourth-order valence-electron chi connectivity index (χ4n) is 3.83. The second kappa shape index (κ2) is 5.92. The highest BCUT2D eigenvalue weighted by Crippen LogP contribution is 2.42. The average molecular weight is 374 g/mol. The van der Waals surface area contributed by atoms with Crippen LogP contribution in [0.15, 0.2) is 67.0 Å². The molecule has 4 aromatic rings. The molecule has 0 N–H and O–H groups in total. The maximum Gasteiger partial charge on any atom is 0.343 e. The van der Waals surface area contributed by atoms with Gasteiger partial charge in [0, 0.05) is 17.4 Å². The first-order valence-electron chi connectivity index (χ1n) is 8.82. The lowest BCUT2D eigenvalue weighted by Gasteiger charge is -2.25. The van der Waals surface area contributed by atoms with Gasteiger partial charge < -0.3 is 13.6 Å². The lowest BCUT2D eigenvalue weighted by molar-refractivity contribution is -0.135. The zero-order valence-corrected chi connectivity index (χ0v) is 14.9. The van der Waals surface area contributed by atoms with Gasteiger partial charge >= 0.3 is 17.2 Å². The van der Waals surface area contributed by atoms with E-state index in [-0.39, 0.29) is 17.7 Å². The van der Waals surface area contributed by atoms with Gasteiger partial charge in [0.15, 0.2) is 5.75 Å². The van der Waals surface area contributed by atoms with Crippen LogP contribution in [0.4, 0.5) is 0 Å². The van der Waals surface area contributed by atoms with Crippen LogP contribution in [0.3, 0.4) is 0 Å². The van der Waals surface area contributed by atoms with Crippen molar-refractivity contribution in [1.29, 1.82) is 0 Å². The molecule has 0 aliphatic carbocycles. The number of carbonyl (C=O) groups excluding carboxylic acids is 1. The topological polar surface area (TPSA) is 86.7 Å². The van der Waals surface area contributed by atoms with Gasteiger partial charge in [-0.1, -0.05) is 23.8 Å². The number of carbonyl (C=O) groups is 1. The smallest absolute Gasteiger partial charge is 0.343 e. The van der Waals surface area contributed by atoms with Crippen LogP contribution >= 0.6 is 0 Å². The van der Waals surface area contributed by atoms with E-state index in [4.69, 9.17) is 13.6 Å². The second-order valence-corrected chi connectivity index (χ2v) is 6.88.